The molecular formula is C27H28FN7O2. The van der Waals surface area contributed by atoms with Gasteiger partial charge in [0.1, 0.15) is 5.82 Å². The molecule has 6 rings (SSSR count). The predicted octanol–water partition coefficient (Wildman–Crippen LogP) is 3.90. The van der Waals surface area contributed by atoms with E-state index in [0.717, 1.165) is 37.2 Å². The molecule has 9 nitrogen and oxygen atoms in total. The summed E-state index contributed by atoms with van der Waals surface area (Å²) in [5.74, 6) is 0.165. The van der Waals surface area contributed by atoms with Crippen molar-refractivity contribution in [2.24, 2.45) is 5.92 Å². The summed E-state index contributed by atoms with van der Waals surface area (Å²) in [5, 5.41) is 16.6. The first-order valence-corrected chi connectivity index (χ1v) is 12.4. The van der Waals surface area contributed by atoms with Gasteiger partial charge in [0.2, 0.25) is 0 Å². The van der Waals surface area contributed by atoms with Crippen LogP contribution < -0.4 is 15.5 Å². The average molecular weight is 502 g/mol. The molecule has 0 aliphatic carbocycles. The summed E-state index contributed by atoms with van der Waals surface area (Å²) in [6, 6.07) is 6.84. The van der Waals surface area contributed by atoms with Crippen molar-refractivity contribution >= 4 is 28.7 Å². The van der Waals surface area contributed by atoms with Crippen LogP contribution >= 0.6 is 0 Å². The number of carbonyl (C=O) groups is 1. The number of rotatable bonds is 5. The SMILES string of the molecule is CC(C)(O)[C@H]1CCCN(c2ccc(Nc3cnc(-c4cnc5c(F)cccn45)c4c3C(=O)NC4)nc2)C1. The highest BCUT2D eigenvalue weighted by atomic mass is 19.1. The summed E-state index contributed by atoms with van der Waals surface area (Å²) < 4.78 is 15.8. The van der Waals surface area contributed by atoms with Crippen LogP contribution in [0.2, 0.25) is 0 Å². The van der Waals surface area contributed by atoms with Crippen LogP contribution in [0.5, 0.6) is 0 Å². The van der Waals surface area contributed by atoms with E-state index in [0.29, 0.717) is 35.0 Å². The van der Waals surface area contributed by atoms with E-state index in [9.17, 15) is 14.3 Å². The lowest BCUT2D eigenvalue weighted by atomic mass is 9.84. The molecule has 0 bridgehead atoms. The lowest BCUT2D eigenvalue weighted by Gasteiger charge is -2.39. The molecule has 6 heterocycles. The fourth-order valence-corrected chi connectivity index (χ4v) is 5.28. The maximum Gasteiger partial charge on any atom is 0.254 e. The Kier molecular flexibility index (Phi) is 5.56. The van der Waals surface area contributed by atoms with Gasteiger partial charge >= 0.3 is 0 Å². The summed E-state index contributed by atoms with van der Waals surface area (Å²) in [6.45, 7) is 5.76. The minimum Gasteiger partial charge on any atom is -0.390 e. The van der Waals surface area contributed by atoms with Gasteiger partial charge in [-0.3, -0.25) is 14.2 Å². The third-order valence-electron chi connectivity index (χ3n) is 7.36. The number of aromatic nitrogens is 4. The zero-order valence-corrected chi connectivity index (χ0v) is 20.7. The topological polar surface area (TPSA) is 108 Å². The van der Waals surface area contributed by atoms with Crippen molar-refractivity contribution in [3.05, 3.63) is 66.0 Å². The van der Waals surface area contributed by atoms with E-state index in [-0.39, 0.29) is 17.5 Å². The number of anilines is 3. The molecule has 2 aliphatic heterocycles. The molecule has 10 heteroatoms. The summed E-state index contributed by atoms with van der Waals surface area (Å²) in [4.78, 5) is 28.4. The molecule has 37 heavy (non-hydrogen) atoms. The van der Waals surface area contributed by atoms with E-state index in [2.05, 4.69) is 30.5 Å². The Labute approximate surface area is 213 Å². The van der Waals surface area contributed by atoms with Crippen molar-refractivity contribution in [3.63, 3.8) is 0 Å². The van der Waals surface area contributed by atoms with Crippen LogP contribution in [0.3, 0.4) is 0 Å². The zero-order valence-electron chi connectivity index (χ0n) is 20.7. The van der Waals surface area contributed by atoms with Gasteiger partial charge in [-0.05, 0) is 51.0 Å². The first kappa shape index (κ1) is 23.4. The van der Waals surface area contributed by atoms with Gasteiger partial charge in [0, 0.05) is 37.3 Å². The molecule has 4 aromatic rings. The summed E-state index contributed by atoms with van der Waals surface area (Å²) in [7, 11) is 0. The summed E-state index contributed by atoms with van der Waals surface area (Å²) in [5.41, 5.74) is 3.44. The number of carbonyl (C=O) groups excluding carboxylic acids is 1. The number of aliphatic hydroxyl groups is 1. The largest absolute Gasteiger partial charge is 0.390 e. The van der Waals surface area contributed by atoms with Crippen LogP contribution in [0.15, 0.2) is 49.1 Å². The minimum atomic E-state index is -0.717. The lowest BCUT2D eigenvalue weighted by Crippen LogP contribution is -2.44. The molecule has 0 unspecified atom stereocenters. The van der Waals surface area contributed by atoms with Crippen LogP contribution in [0, 0.1) is 11.7 Å². The lowest BCUT2D eigenvalue weighted by molar-refractivity contribution is 0.0110. The summed E-state index contributed by atoms with van der Waals surface area (Å²) >= 11 is 0. The van der Waals surface area contributed by atoms with Crippen LogP contribution in [0.4, 0.5) is 21.6 Å². The van der Waals surface area contributed by atoms with Gasteiger partial charge in [-0.15, -0.1) is 0 Å². The van der Waals surface area contributed by atoms with Crippen LogP contribution in [0.25, 0.3) is 17.0 Å². The standard InChI is InChI=1S/C27H28FN7O2/c1-27(2,37)16-5-3-9-34(15-16)17-7-8-22(29-11-17)33-20-13-30-24(18-12-32-26(36)23(18)20)21-14-31-25-19(28)6-4-10-35(21)25/h4,6-8,10-11,13-14,16,37H,3,5,9,12,15H2,1-2H3,(H,29,33)(H,32,36)/t16-/m0/s1. The molecule has 190 valence electrons. The van der Waals surface area contributed by atoms with E-state index in [4.69, 9.17) is 0 Å². The van der Waals surface area contributed by atoms with Crippen molar-refractivity contribution in [1.82, 2.24) is 24.7 Å². The van der Waals surface area contributed by atoms with Crippen molar-refractivity contribution in [2.75, 3.05) is 23.3 Å². The second-order valence-electron chi connectivity index (χ2n) is 10.2. The van der Waals surface area contributed by atoms with Crippen LogP contribution in [-0.4, -0.2) is 49.1 Å². The van der Waals surface area contributed by atoms with Crippen LogP contribution in [0.1, 0.15) is 42.6 Å². The maximum atomic E-state index is 14.2. The average Bonchev–Trinajstić information content (AvgIpc) is 3.50. The number of pyridine rings is 3. The third kappa shape index (κ3) is 4.17. The summed E-state index contributed by atoms with van der Waals surface area (Å²) in [6.07, 6.45) is 8.74. The second kappa shape index (κ2) is 8.81. The molecule has 1 saturated heterocycles. The highest BCUT2D eigenvalue weighted by Gasteiger charge is 2.32. The molecule has 0 spiro atoms. The van der Waals surface area contributed by atoms with Crippen LogP contribution in [-0.2, 0) is 6.54 Å². The predicted molar refractivity (Wildman–Crippen MR) is 138 cm³/mol. The number of piperidine rings is 1. The van der Waals surface area contributed by atoms with Crippen molar-refractivity contribution < 1.29 is 14.3 Å². The monoisotopic (exact) mass is 501 g/mol. The first-order chi connectivity index (χ1) is 17.8. The molecule has 1 atom stereocenters. The minimum absolute atomic E-state index is 0.203. The number of hydrogen-bond donors (Lipinski definition) is 3. The molecule has 2 aliphatic rings. The third-order valence-corrected chi connectivity index (χ3v) is 7.36. The Morgan fingerprint density at radius 1 is 1.16 bits per heavy atom. The van der Waals surface area contributed by atoms with Crippen molar-refractivity contribution in [1.29, 1.82) is 0 Å². The van der Waals surface area contributed by atoms with Gasteiger partial charge in [-0.1, -0.05) is 0 Å². The van der Waals surface area contributed by atoms with Gasteiger partial charge < -0.3 is 20.6 Å². The number of nitrogens with zero attached hydrogens (tertiary/aromatic N) is 5. The number of nitrogens with one attached hydrogen (secondary N) is 2. The Balaban J connectivity index is 1.28. The zero-order chi connectivity index (χ0) is 25.7. The molecule has 0 saturated carbocycles. The molecular weight excluding hydrogens is 473 g/mol. The number of halogens is 1. The van der Waals surface area contributed by atoms with E-state index >= 15 is 0 Å². The van der Waals surface area contributed by atoms with Crippen molar-refractivity contribution in [3.8, 4) is 11.4 Å². The fourth-order valence-electron chi connectivity index (χ4n) is 5.28. The highest BCUT2D eigenvalue weighted by Crippen LogP contribution is 2.34. The Morgan fingerprint density at radius 2 is 2.03 bits per heavy atom. The fraction of sp³-hybridized carbons (Fsp3) is 0.333. The maximum absolute atomic E-state index is 14.2. The second-order valence-corrected chi connectivity index (χ2v) is 10.2. The first-order valence-electron chi connectivity index (χ1n) is 12.4. The van der Waals surface area contributed by atoms with Gasteiger partial charge in [-0.25, -0.2) is 14.4 Å². The van der Waals surface area contributed by atoms with E-state index in [1.807, 2.05) is 32.2 Å². The van der Waals surface area contributed by atoms with Gasteiger partial charge in [0.15, 0.2) is 11.5 Å². The van der Waals surface area contributed by atoms with E-state index in [1.54, 1.807) is 29.1 Å². The number of imidazole rings is 1. The highest BCUT2D eigenvalue weighted by molar-refractivity contribution is 6.05. The number of fused-ring (bicyclic) bond motifs is 2. The number of amides is 1. The Hall–Kier alpha value is -4.05. The molecule has 0 aromatic carbocycles. The van der Waals surface area contributed by atoms with Crippen molar-refractivity contribution in [2.45, 2.75) is 38.8 Å². The van der Waals surface area contributed by atoms with Gasteiger partial charge in [-0.2, -0.15) is 0 Å². The number of hydrogen-bond acceptors (Lipinski definition) is 7. The molecule has 1 amide bonds. The Bertz CT molecular complexity index is 1490. The van der Waals surface area contributed by atoms with E-state index in [1.165, 1.54) is 6.07 Å². The smallest absolute Gasteiger partial charge is 0.254 e. The van der Waals surface area contributed by atoms with E-state index < -0.39 is 11.4 Å². The van der Waals surface area contributed by atoms with Gasteiger partial charge in [0.25, 0.3) is 5.91 Å². The van der Waals surface area contributed by atoms with Gasteiger partial charge in [0.05, 0.1) is 52.5 Å². The molecule has 3 N–H and O–H groups in total. The molecule has 1 fully saturated rings. The normalized spacial score (nSPS) is 17.7. The molecule has 0 radical (unpaired) electrons. The quantitative estimate of drug-likeness (QED) is 0.381. The molecule has 4 aromatic heterocycles. The Morgan fingerprint density at radius 3 is 2.81 bits per heavy atom.